The lowest BCUT2D eigenvalue weighted by molar-refractivity contribution is -0.168. The first kappa shape index (κ1) is 21.3. The van der Waals surface area contributed by atoms with Crippen LogP contribution < -0.4 is 10.1 Å². The molecule has 2 aromatic carbocycles. The Balaban J connectivity index is 1.49. The molecule has 36 heavy (non-hydrogen) atoms. The van der Waals surface area contributed by atoms with E-state index in [1.807, 2.05) is 24.3 Å². The molecule has 0 spiro atoms. The molecular weight excluding hydrogens is 472 g/mol. The molecular formula is C25H19F2N5O4. The minimum atomic E-state index is -3.08. The smallest absolute Gasteiger partial charge is 0.387 e. The molecule has 3 aliphatic rings. The van der Waals surface area contributed by atoms with Crippen LogP contribution in [0.5, 0.6) is 5.75 Å². The van der Waals surface area contributed by atoms with E-state index in [0.717, 1.165) is 11.0 Å². The Morgan fingerprint density at radius 1 is 1.17 bits per heavy atom. The van der Waals surface area contributed by atoms with Crippen molar-refractivity contribution in [3.8, 4) is 17.0 Å². The predicted molar refractivity (Wildman–Crippen MR) is 121 cm³/mol. The van der Waals surface area contributed by atoms with E-state index < -0.39 is 18.8 Å². The molecule has 2 bridgehead atoms. The average molecular weight is 491 g/mol. The SMILES string of the molecule is O=C1N[C@@H]2C[C@H](c3c1ccc(OC(F)F)c3-c1ccnc(C3OCC3O)n1)n1c2nc2ccccc21. The van der Waals surface area contributed by atoms with Crippen molar-refractivity contribution in [1.82, 2.24) is 24.8 Å². The summed E-state index contributed by atoms with van der Waals surface area (Å²) in [6, 6.07) is 11.4. The molecule has 7 rings (SSSR count). The minimum absolute atomic E-state index is 0.104. The first-order valence-electron chi connectivity index (χ1n) is 11.5. The molecule has 4 atom stereocenters. The molecule has 1 amide bonds. The van der Waals surface area contributed by atoms with Crippen LogP contribution >= 0.6 is 0 Å². The van der Waals surface area contributed by atoms with Gasteiger partial charge in [-0.05, 0) is 36.8 Å². The van der Waals surface area contributed by atoms with Gasteiger partial charge in [0, 0.05) is 22.9 Å². The molecule has 182 valence electrons. The Kier molecular flexibility index (Phi) is 4.60. The first-order valence-corrected chi connectivity index (χ1v) is 11.5. The van der Waals surface area contributed by atoms with Gasteiger partial charge >= 0.3 is 6.61 Å². The summed E-state index contributed by atoms with van der Waals surface area (Å²) in [5.41, 5.74) is 3.10. The molecule has 1 saturated heterocycles. The van der Waals surface area contributed by atoms with Crippen LogP contribution in [0.4, 0.5) is 8.78 Å². The van der Waals surface area contributed by atoms with Gasteiger partial charge in [-0.25, -0.2) is 15.0 Å². The van der Waals surface area contributed by atoms with E-state index in [9.17, 15) is 18.7 Å². The number of hydrogen-bond donors (Lipinski definition) is 2. The number of imidazole rings is 1. The lowest BCUT2D eigenvalue weighted by Crippen LogP contribution is -2.38. The van der Waals surface area contributed by atoms with Crippen LogP contribution in [0, 0.1) is 0 Å². The summed E-state index contributed by atoms with van der Waals surface area (Å²) < 4.78 is 39.4. The number of aliphatic hydroxyl groups excluding tert-OH is 1. The van der Waals surface area contributed by atoms with Gasteiger partial charge in [-0.1, -0.05) is 12.1 Å². The lowest BCUT2D eigenvalue weighted by Gasteiger charge is -2.31. The van der Waals surface area contributed by atoms with Crippen molar-refractivity contribution in [3.63, 3.8) is 0 Å². The first-order chi connectivity index (χ1) is 17.5. The van der Waals surface area contributed by atoms with Gasteiger partial charge < -0.3 is 24.5 Å². The number of aliphatic hydroxyl groups is 1. The lowest BCUT2D eigenvalue weighted by atomic mass is 9.90. The Morgan fingerprint density at radius 3 is 2.81 bits per heavy atom. The van der Waals surface area contributed by atoms with Gasteiger partial charge in [-0.3, -0.25) is 4.79 Å². The van der Waals surface area contributed by atoms with Gasteiger partial charge in [-0.2, -0.15) is 8.78 Å². The highest BCUT2D eigenvalue weighted by atomic mass is 19.3. The highest BCUT2D eigenvalue weighted by Gasteiger charge is 2.43. The van der Waals surface area contributed by atoms with Gasteiger partial charge in [-0.15, -0.1) is 0 Å². The van der Waals surface area contributed by atoms with Crippen molar-refractivity contribution in [2.75, 3.05) is 6.61 Å². The summed E-state index contributed by atoms with van der Waals surface area (Å²) in [6.45, 7) is -2.92. The molecule has 2 unspecified atom stereocenters. The van der Waals surface area contributed by atoms with Crippen LogP contribution in [0.25, 0.3) is 22.3 Å². The number of nitrogens with zero attached hydrogens (tertiary/aromatic N) is 4. The number of ether oxygens (including phenoxy) is 2. The van der Waals surface area contributed by atoms with Crippen LogP contribution in [-0.4, -0.2) is 49.9 Å². The third kappa shape index (κ3) is 3.06. The zero-order valence-corrected chi connectivity index (χ0v) is 18.6. The number of para-hydroxylation sites is 2. The molecule has 11 heteroatoms. The largest absolute Gasteiger partial charge is 0.434 e. The van der Waals surface area contributed by atoms with Gasteiger partial charge in [0.1, 0.15) is 23.8 Å². The van der Waals surface area contributed by atoms with Crippen molar-refractivity contribution in [2.24, 2.45) is 0 Å². The zero-order chi connectivity index (χ0) is 24.6. The predicted octanol–water partition coefficient (Wildman–Crippen LogP) is 3.30. The maximum absolute atomic E-state index is 13.5. The second-order valence-corrected chi connectivity index (χ2v) is 9.01. The van der Waals surface area contributed by atoms with Crippen molar-refractivity contribution in [3.05, 3.63) is 71.4 Å². The monoisotopic (exact) mass is 491 g/mol. The number of halogens is 2. The molecule has 3 aliphatic heterocycles. The van der Waals surface area contributed by atoms with Gasteiger partial charge in [0.15, 0.2) is 5.82 Å². The van der Waals surface area contributed by atoms with Gasteiger partial charge in [0.2, 0.25) is 0 Å². The number of fused-ring (bicyclic) bond motifs is 9. The Morgan fingerprint density at radius 2 is 2.03 bits per heavy atom. The van der Waals surface area contributed by atoms with Crippen molar-refractivity contribution >= 4 is 16.9 Å². The third-order valence-electron chi connectivity index (χ3n) is 6.99. The highest BCUT2D eigenvalue weighted by molar-refractivity contribution is 6.00. The number of hydrogen-bond acceptors (Lipinski definition) is 7. The fraction of sp³-hybridized carbons (Fsp3) is 0.280. The summed E-state index contributed by atoms with van der Waals surface area (Å²) in [5, 5.41) is 13.1. The number of nitrogens with one attached hydrogen (secondary N) is 1. The van der Waals surface area contributed by atoms with Crippen LogP contribution in [0.1, 0.15) is 52.2 Å². The fourth-order valence-electron chi connectivity index (χ4n) is 5.45. The standard InChI is InChI=1S/C25H19F2N5O4/c26-25(27)36-18-6-5-11-19(20(18)13-7-8-28-22(29-13)21-17(33)10-35-21)16-9-14(31-24(11)34)23-30-12-3-1-2-4-15(12)32(16)23/h1-8,14,16-17,21,25,33H,9-10H2,(H,31,34)/t14-,16-,17?,21?/m1/s1. The number of carbonyl (C=O) groups excluding carboxylic acids is 1. The molecule has 2 aromatic heterocycles. The molecule has 2 N–H and O–H groups in total. The number of rotatable bonds is 4. The second-order valence-electron chi connectivity index (χ2n) is 9.01. The van der Waals surface area contributed by atoms with Crippen LogP contribution in [0.15, 0.2) is 48.7 Å². The summed E-state index contributed by atoms with van der Waals surface area (Å²) in [6.07, 6.45) is 0.504. The Labute approximate surface area is 202 Å². The number of carbonyl (C=O) groups is 1. The molecule has 1 fully saturated rings. The van der Waals surface area contributed by atoms with E-state index in [-0.39, 0.29) is 41.7 Å². The van der Waals surface area contributed by atoms with E-state index in [1.165, 1.54) is 18.3 Å². The van der Waals surface area contributed by atoms with E-state index in [1.54, 1.807) is 6.07 Å². The third-order valence-corrected chi connectivity index (χ3v) is 6.99. The zero-order valence-electron chi connectivity index (χ0n) is 18.6. The average Bonchev–Trinajstić information content (AvgIpc) is 3.35. The van der Waals surface area contributed by atoms with E-state index >= 15 is 0 Å². The summed E-state index contributed by atoms with van der Waals surface area (Å²) >= 11 is 0. The molecule has 9 nitrogen and oxygen atoms in total. The van der Waals surface area contributed by atoms with E-state index in [0.29, 0.717) is 29.1 Å². The van der Waals surface area contributed by atoms with Crippen LogP contribution in [-0.2, 0) is 4.74 Å². The number of aromatic nitrogens is 4. The molecule has 0 radical (unpaired) electrons. The maximum Gasteiger partial charge on any atom is 0.387 e. The highest BCUT2D eigenvalue weighted by Crippen LogP contribution is 2.49. The van der Waals surface area contributed by atoms with Crippen molar-refractivity contribution in [2.45, 2.75) is 37.3 Å². The molecule has 0 saturated carbocycles. The second kappa shape index (κ2) is 7.77. The van der Waals surface area contributed by atoms with Crippen LogP contribution in [0.3, 0.4) is 0 Å². The van der Waals surface area contributed by atoms with Gasteiger partial charge in [0.25, 0.3) is 5.91 Å². The van der Waals surface area contributed by atoms with Crippen molar-refractivity contribution < 1.29 is 28.2 Å². The van der Waals surface area contributed by atoms with E-state index in [2.05, 4.69) is 19.9 Å². The number of benzene rings is 2. The summed E-state index contributed by atoms with van der Waals surface area (Å²) in [4.78, 5) is 26.8. The topological polar surface area (TPSA) is 111 Å². The number of amides is 1. The van der Waals surface area contributed by atoms with Crippen LogP contribution in [0.2, 0.25) is 0 Å². The summed E-state index contributed by atoms with van der Waals surface area (Å²) in [5.74, 6) is 0.504. The maximum atomic E-state index is 13.5. The normalized spacial score (nSPS) is 24.2. The van der Waals surface area contributed by atoms with E-state index in [4.69, 9.17) is 14.5 Å². The van der Waals surface area contributed by atoms with Gasteiger partial charge in [0.05, 0.1) is 35.4 Å². The Hall–Kier alpha value is -3.96. The molecule has 4 aromatic rings. The minimum Gasteiger partial charge on any atom is -0.434 e. The molecule has 5 heterocycles. The Bertz CT molecular complexity index is 1540. The quantitative estimate of drug-likeness (QED) is 0.451. The summed E-state index contributed by atoms with van der Waals surface area (Å²) in [7, 11) is 0. The number of alkyl halides is 2. The fourth-order valence-corrected chi connectivity index (χ4v) is 5.45. The molecule has 0 aliphatic carbocycles. The van der Waals surface area contributed by atoms with Crippen molar-refractivity contribution in [1.29, 1.82) is 0 Å².